The van der Waals surface area contributed by atoms with Crippen molar-refractivity contribution in [2.45, 2.75) is 24.8 Å². The summed E-state index contributed by atoms with van der Waals surface area (Å²) in [5, 5.41) is 0. The fourth-order valence-corrected chi connectivity index (χ4v) is 0.831. The average Bonchev–Trinajstić information content (AvgIpc) is 2.12. The highest BCUT2D eigenvalue weighted by Crippen LogP contribution is 2.20. The van der Waals surface area contributed by atoms with Gasteiger partial charge in [-0.2, -0.15) is 0 Å². The average molecular weight is 193 g/mol. The van der Waals surface area contributed by atoms with E-state index < -0.39 is 17.9 Å². The van der Waals surface area contributed by atoms with Crippen molar-refractivity contribution in [3.8, 4) is 0 Å². The smallest absolute Gasteiger partial charge is 0.331 e. The summed E-state index contributed by atoms with van der Waals surface area (Å²) in [5.41, 5.74) is 3.00. The fraction of sp³-hybridized carbons (Fsp3) is 0.625. The van der Waals surface area contributed by atoms with Crippen LogP contribution in [-0.4, -0.2) is 25.0 Å². The number of hydrogen-bond donors (Lipinski definition) is 1. The zero-order chi connectivity index (χ0) is 10.5. The summed E-state index contributed by atoms with van der Waals surface area (Å²) in [5.74, 6) is -1.09. The number of rotatable bonds is 5. The number of allylic oxidation sites excluding steroid dienone is 1. The van der Waals surface area contributed by atoms with Crippen LogP contribution < -0.4 is 5.73 Å². The first-order chi connectivity index (χ1) is 5.99. The van der Waals surface area contributed by atoms with E-state index in [0.717, 1.165) is 7.11 Å². The maximum absolute atomic E-state index is 12.4. The Bertz CT molecular complexity index is 197. The molecule has 13 heavy (non-hydrogen) atoms. The Kier molecular flexibility index (Phi) is 4.55. The first-order valence-corrected chi connectivity index (χ1v) is 3.75. The van der Waals surface area contributed by atoms with Gasteiger partial charge in [0, 0.05) is 0 Å². The van der Waals surface area contributed by atoms with E-state index in [4.69, 9.17) is 5.73 Å². The van der Waals surface area contributed by atoms with Crippen LogP contribution in [0.3, 0.4) is 0 Å². The van der Waals surface area contributed by atoms with E-state index in [1.807, 2.05) is 0 Å². The number of carbonyl (C=O) groups is 1. The number of methoxy groups -OCH3 is 1. The van der Waals surface area contributed by atoms with Crippen molar-refractivity contribution in [2.75, 3.05) is 7.11 Å². The molecule has 0 heterocycles. The van der Waals surface area contributed by atoms with E-state index in [-0.39, 0.29) is 12.8 Å². The third kappa shape index (κ3) is 2.77. The molecule has 5 heteroatoms. The molecule has 0 bridgehead atoms. The molecule has 0 spiro atoms. The Morgan fingerprint density at radius 1 is 1.77 bits per heavy atom. The molecule has 1 unspecified atom stereocenters. The van der Waals surface area contributed by atoms with Gasteiger partial charge in [-0.3, -0.25) is 0 Å². The number of halogens is 2. The lowest BCUT2D eigenvalue weighted by Crippen LogP contribution is -2.54. The van der Waals surface area contributed by atoms with E-state index in [1.54, 1.807) is 0 Å². The van der Waals surface area contributed by atoms with Crippen LogP contribution in [0, 0.1) is 0 Å². The number of carbonyl (C=O) groups excluding carboxylic acids is 1. The zero-order valence-electron chi connectivity index (χ0n) is 7.43. The summed E-state index contributed by atoms with van der Waals surface area (Å²) in [4.78, 5) is 10.9. The largest absolute Gasteiger partial charge is 0.467 e. The molecule has 76 valence electrons. The first kappa shape index (κ1) is 12.0. The minimum atomic E-state index is -2.93. The van der Waals surface area contributed by atoms with Gasteiger partial charge in [0.15, 0.2) is 5.54 Å². The Morgan fingerprint density at radius 2 is 2.31 bits per heavy atom. The molecule has 0 aliphatic rings. The maximum Gasteiger partial charge on any atom is 0.331 e. The zero-order valence-corrected chi connectivity index (χ0v) is 7.43. The molecule has 0 aliphatic heterocycles. The maximum atomic E-state index is 12.4. The van der Waals surface area contributed by atoms with E-state index in [9.17, 15) is 13.6 Å². The highest BCUT2D eigenvalue weighted by Gasteiger charge is 2.43. The van der Waals surface area contributed by atoms with Gasteiger partial charge < -0.3 is 10.5 Å². The lowest BCUT2D eigenvalue weighted by atomic mass is 9.95. The first-order valence-electron chi connectivity index (χ1n) is 3.75. The van der Waals surface area contributed by atoms with Gasteiger partial charge in [-0.05, 0) is 12.8 Å². The third-order valence-corrected chi connectivity index (χ3v) is 1.72. The van der Waals surface area contributed by atoms with Crippen LogP contribution in [-0.2, 0) is 9.53 Å². The summed E-state index contributed by atoms with van der Waals surface area (Å²) in [6.45, 7) is 3.36. The second kappa shape index (κ2) is 4.91. The van der Waals surface area contributed by atoms with Crippen molar-refractivity contribution in [1.82, 2.24) is 0 Å². The Morgan fingerprint density at radius 3 is 2.62 bits per heavy atom. The minimum Gasteiger partial charge on any atom is -0.467 e. The number of ether oxygens (including phenoxy) is 1. The molecule has 2 N–H and O–H groups in total. The van der Waals surface area contributed by atoms with Crippen LogP contribution in [0.2, 0.25) is 0 Å². The second-order valence-corrected chi connectivity index (χ2v) is 2.66. The normalized spacial score (nSPS) is 15.2. The van der Waals surface area contributed by atoms with Crippen molar-refractivity contribution in [2.24, 2.45) is 5.73 Å². The second-order valence-electron chi connectivity index (χ2n) is 2.66. The summed E-state index contributed by atoms with van der Waals surface area (Å²) in [7, 11) is 1.03. The topological polar surface area (TPSA) is 52.3 Å². The molecule has 1 atom stereocenters. The number of alkyl halides is 2. The van der Waals surface area contributed by atoms with E-state index in [1.165, 1.54) is 6.08 Å². The Labute approximate surface area is 75.6 Å². The molecule has 0 radical (unpaired) electrons. The van der Waals surface area contributed by atoms with Gasteiger partial charge in [0.05, 0.1) is 7.11 Å². The van der Waals surface area contributed by atoms with Crippen LogP contribution in [0.15, 0.2) is 12.7 Å². The number of esters is 1. The van der Waals surface area contributed by atoms with Gasteiger partial charge in [0.25, 0.3) is 6.43 Å². The molecule has 0 amide bonds. The molecule has 0 aromatic rings. The van der Waals surface area contributed by atoms with Gasteiger partial charge in [-0.15, -0.1) is 6.58 Å². The number of nitrogens with two attached hydrogens (primary N) is 1. The molecule has 0 aromatic heterocycles. The third-order valence-electron chi connectivity index (χ3n) is 1.72. The lowest BCUT2D eigenvalue weighted by molar-refractivity contribution is -0.153. The monoisotopic (exact) mass is 193 g/mol. The van der Waals surface area contributed by atoms with Gasteiger partial charge in [-0.1, -0.05) is 6.08 Å². The predicted molar refractivity (Wildman–Crippen MR) is 44.4 cm³/mol. The minimum absolute atomic E-state index is 0.166. The fourth-order valence-electron chi connectivity index (χ4n) is 0.831. The molecule has 0 rings (SSSR count). The van der Waals surface area contributed by atoms with E-state index in [2.05, 4.69) is 11.3 Å². The summed E-state index contributed by atoms with van der Waals surface area (Å²) >= 11 is 0. The Hall–Kier alpha value is -0.970. The highest BCUT2D eigenvalue weighted by atomic mass is 19.3. The lowest BCUT2D eigenvalue weighted by Gasteiger charge is -2.24. The molecule has 0 fully saturated rings. The van der Waals surface area contributed by atoms with Gasteiger partial charge in [-0.25, -0.2) is 13.6 Å². The summed E-state index contributed by atoms with van der Waals surface area (Å²) in [6, 6.07) is 0. The van der Waals surface area contributed by atoms with Crippen molar-refractivity contribution >= 4 is 5.97 Å². The van der Waals surface area contributed by atoms with Crippen LogP contribution in [0.1, 0.15) is 12.8 Å². The molecule has 0 saturated carbocycles. The standard InChI is InChI=1S/C8H13F2NO2/c1-3-4-5-8(11,6(9)10)7(12)13-2/h3,6H,1,4-5,11H2,2H3. The molecular weight excluding hydrogens is 180 g/mol. The van der Waals surface area contributed by atoms with E-state index in [0.29, 0.717) is 0 Å². The van der Waals surface area contributed by atoms with Crippen LogP contribution in [0.4, 0.5) is 8.78 Å². The van der Waals surface area contributed by atoms with E-state index >= 15 is 0 Å². The quantitative estimate of drug-likeness (QED) is 0.525. The molecule has 3 nitrogen and oxygen atoms in total. The van der Waals surface area contributed by atoms with Crippen molar-refractivity contribution in [3.05, 3.63) is 12.7 Å². The summed E-state index contributed by atoms with van der Waals surface area (Å²) in [6.07, 6.45) is -1.43. The SMILES string of the molecule is C=CCCC(N)(C(=O)OC)C(F)F. The molecule has 0 aromatic carbocycles. The van der Waals surface area contributed by atoms with Gasteiger partial charge in [0.2, 0.25) is 0 Å². The predicted octanol–water partition coefficient (Wildman–Crippen LogP) is 1.09. The van der Waals surface area contributed by atoms with Gasteiger partial charge in [0.1, 0.15) is 0 Å². The molecular formula is C8H13F2NO2. The van der Waals surface area contributed by atoms with Crippen LogP contribution >= 0.6 is 0 Å². The highest BCUT2D eigenvalue weighted by molar-refractivity contribution is 5.81. The van der Waals surface area contributed by atoms with Crippen molar-refractivity contribution < 1.29 is 18.3 Å². The Balaban J connectivity index is 4.51. The van der Waals surface area contributed by atoms with Crippen molar-refractivity contribution in [1.29, 1.82) is 0 Å². The molecule has 0 aliphatic carbocycles. The molecule has 0 saturated heterocycles. The number of hydrogen-bond acceptors (Lipinski definition) is 3. The van der Waals surface area contributed by atoms with Crippen molar-refractivity contribution in [3.63, 3.8) is 0 Å². The van der Waals surface area contributed by atoms with Crippen LogP contribution in [0.25, 0.3) is 0 Å². The summed E-state index contributed by atoms with van der Waals surface area (Å²) < 4.78 is 29.0. The van der Waals surface area contributed by atoms with Gasteiger partial charge >= 0.3 is 5.97 Å². The van der Waals surface area contributed by atoms with Crippen LogP contribution in [0.5, 0.6) is 0 Å².